The van der Waals surface area contributed by atoms with E-state index in [1.165, 1.54) is 0 Å². The van der Waals surface area contributed by atoms with Crippen molar-refractivity contribution in [1.82, 2.24) is 24.6 Å². The lowest BCUT2D eigenvalue weighted by Gasteiger charge is -2.17. The lowest BCUT2D eigenvalue weighted by atomic mass is 10.3. The Labute approximate surface area is 134 Å². The van der Waals surface area contributed by atoms with Gasteiger partial charge in [0.2, 0.25) is 11.8 Å². The van der Waals surface area contributed by atoms with Gasteiger partial charge in [-0.1, -0.05) is 0 Å². The first kappa shape index (κ1) is 15.3. The van der Waals surface area contributed by atoms with E-state index in [0.29, 0.717) is 19.0 Å². The van der Waals surface area contributed by atoms with Crippen molar-refractivity contribution in [1.29, 1.82) is 0 Å². The molecule has 0 radical (unpaired) electrons. The monoisotopic (exact) mass is 316 g/mol. The Bertz CT molecular complexity index is 658. The van der Waals surface area contributed by atoms with E-state index in [1.54, 1.807) is 40.4 Å². The van der Waals surface area contributed by atoms with Crippen LogP contribution in [0.5, 0.6) is 5.88 Å². The molecule has 0 spiro atoms. The molecule has 1 aliphatic rings. The predicted octanol–water partition coefficient (Wildman–Crippen LogP) is 0.419. The summed E-state index contributed by atoms with van der Waals surface area (Å²) in [7, 11) is 3.80. The topological polar surface area (TPSA) is 76.4 Å². The van der Waals surface area contributed by atoms with Crippen LogP contribution in [0.25, 0.3) is 0 Å². The number of aromatic nitrogens is 4. The van der Waals surface area contributed by atoms with Crippen molar-refractivity contribution in [3.63, 3.8) is 0 Å². The zero-order valence-corrected chi connectivity index (χ0v) is 13.3. The van der Waals surface area contributed by atoms with Crippen LogP contribution < -0.4 is 9.64 Å². The Morgan fingerprint density at radius 3 is 3.04 bits per heavy atom. The second kappa shape index (κ2) is 6.64. The SMILES string of the molecule is CN(C)c1cncc(OC2CCN(C(=O)Cn3cccn3)C2)n1. The summed E-state index contributed by atoms with van der Waals surface area (Å²) in [5.41, 5.74) is 0. The van der Waals surface area contributed by atoms with Crippen LogP contribution >= 0.6 is 0 Å². The van der Waals surface area contributed by atoms with Crippen molar-refractivity contribution in [2.75, 3.05) is 32.1 Å². The van der Waals surface area contributed by atoms with Crippen molar-refractivity contribution in [3.05, 3.63) is 30.9 Å². The summed E-state index contributed by atoms with van der Waals surface area (Å²) in [5, 5.41) is 4.06. The fourth-order valence-electron chi connectivity index (χ4n) is 2.46. The lowest BCUT2D eigenvalue weighted by molar-refractivity contribution is -0.131. The fourth-order valence-corrected chi connectivity index (χ4v) is 2.46. The lowest BCUT2D eigenvalue weighted by Crippen LogP contribution is -2.33. The van der Waals surface area contributed by atoms with Crippen LogP contribution in [0.1, 0.15) is 6.42 Å². The molecule has 2 aromatic heterocycles. The molecule has 1 saturated heterocycles. The molecule has 0 N–H and O–H groups in total. The van der Waals surface area contributed by atoms with Gasteiger partial charge in [0.25, 0.3) is 0 Å². The zero-order chi connectivity index (χ0) is 16.2. The summed E-state index contributed by atoms with van der Waals surface area (Å²) < 4.78 is 7.49. The van der Waals surface area contributed by atoms with Gasteiger partial charge in [-0.25, -0.2) is 0 Å². The second-order valence-corrected chi connectivity index (χ2v) is 5.68. The van der Waals surface area contributed by atoms with Crippen LogP contribution in [0.3, 0.4) is 0 Å². The number of hydrogen-bond donors (Lipinski definition) is 0. The highest BCUT2D eigenvalue weighted by molar-refractivity contribution is 5.76. The average Bonchev–Trinajstić information content (AvgIpc) is 3.19. The molecule has 1 aliphatic heterocycles. The number of nitrogens with zero attached hydrogens (tertiary/aromatic N) is 6. The standard InChI is InChI=1S/C15H20N6O2/c1-19(2)13-8-16-9-14(18-13)23-12-4-7-20(10-12)15(22)11-21-6-3-5-17-21/h3,5-6,8-9,12H,4,7,10-11H2,1-2H3. The van der Waals surface area contributed by atoms with Gasteiger partial charge in [0.05, 0.1) is 18.9 Å². The minimum atomic E-state index is -0.0525. The summed E-state index contributed by atoms with van der Waals surface area (Å²) in [6, 6.07) is 1.81. The predicted molar refractivity (Wildman–Crippen MR) is 84.2 cm³/mol. The smallest absolute Gasteiger partial charge is 0.244 e. The Morgan fingerprint density at radius 2 is 2.30 bits per heavy atom. The van der Waals surface area contributed by atoms with E-state index in [1.807, 2.05) is 19.0 Å². The molecule has 1 fully saturated rings. The van der Waals surface area contributed by atoms with Gasteiger partial charge < -0.3 is 14.5 Å². The normalized spacial score (nSPS) is 17.3. The highest BCUT2D eigenvalue weighted by atomic mass is 16.5. The van der Waals surface area contributed by atoms with Crippen molar-refractivity contribution in [2.24, 2.45) is 0 Å². The Balaban J connectivity index is 1.55. The van der Waals surface area contributed by atoms with Gasteiger partial charge in [0, 0.05) is 39.5 Å². The van der Waals surface area contributed by atoms with E-state index in [9.17, 15) is 4.79 Å². The average molecular weight is 316 g/mol. The number of ether oxygens (including phenoxy) is 1. The molecule has 0 bridgehead atoms. The minimum absolute atomic E-state index is 0.0490. The Hall–Kier alpha value is -2.64. The fraction of sp³-hybridized carbons (Fsp3) is 0.467. The number of carbonyl (C=O) groups excluding carboxylic acids is 1. The molecule has 1 atom stereocenters. The third kappa shape index (κ3) is 3.77. The van der Waals surface area contributed by atoms with Crippen molar-refractivity contribution in [2.45, 2.75) is 19.1 Å². The van der Waals surface area contributed by atoms with Gasteiger partial charge in [-0.15, -0.1) is 0 Å². The Kier molecular flexibility index (Phi) is 4.40. The maximum absolute atomic E-state index is 12.2. The van der Waals surface area contributed by atoms with E-state index in [0.717, 1.165) is 12.2 Å². The van der Waals surface area contributed by atoms with Crippen LogP contribution in [0, 0.1) is 0 Å². The number of hydrogen-bond acceptors (Lipinski definition) is 6. The molecule has 1 unspecified atom stereocenters. The first-order valence-electron chi connectivity index (χ1n) is 7.53. The van der Waals surface area contributed by atoms with Crippen molar-refractivity contribution in [3.8, 4) is 5.88 Å². The van der Waals surface area contributed by atoms with Crippen LogP contribution in [0.4, 0.5) is 5.82 Å². The number of likely N-dealkylation sites (tertiary alicyclic amines) is 1. The number of amides is 1. The summed E-state index contributed by atoms with van der Waals surface area (Å²) in [6.07, 6.45) is 7.47. The number of carbonyl (C=O) groups is 1. The van der Waals surface area contributed by atoms with E-state index in [-0.39, 0.29) is 18.6 Å². The van der Waals surface area contributed by atoms with E-state index < -0.39 is 0 Å². The molecule has 0 aromatic carbocycles. The molecule has 8 heteroatoms. The molecule has 1 amide bonds. The molecule has 122 valence electrons. The third-order valence-electron chi connectivity index (χ3n) is 3.70. The summed E-state index contributed by atoms with van der Waals surface area (Å²) in [4.78, 5) is 24.4. The van der Waals surface area contributed by atoms with Crippen molar-refractivity contribution < 1.29 is 9.53 Å². The van der Waals surface area contributed by atoms with Crippen LogP contribution in [-0.2, 0) is 11.3 Å². The van der Waals surface area contributed by atoms with E-state index in [2.05, 4.69) is 15.1 Å². The molecule has 0 aliphatic carbocycles. The largest absolute Gasteiger partial charge is 0.471 e. The molecule has 0 saturated carbocycles. The number of anilines is 1. The first-order valence-corrected chi connectivity index (χ1v) is 7.53. The maximum atomic E-state index is 12.2. The van der Waals surface area contributed by atoms with Crippen LogP contribution in [0.2, 0.25) is 0 Å². The summed E-state index contributed by atoms with van der Waals surface area (Å²) >= 11 is 0. The first-order chi connectivity index (χ1) is 11.1. The molecule has 2 aromatic rings. The van der Waals surface area contributed by atoms with Crippen LogP contribution in [-0.4, -0.2) is 63.8 Å². The van der Waals surface area contributed by atoms with E-state index in [4.69, 9.17) is 4.74 Å². The van der Waals surface area contributed by atoms with Gasteiger partial charge in [-0.2, -0.15) is 10.1 Å². The summed E-state index contributed by atoms with van der Waals surface area (Å²) in [6.45, 7) is 1.51. The maximum Gasteiger partial charge on any atom is 0.244 e. The highest BCUT2D eigenvalue weighted by Crippen LogP contribution is 2.18. The third-order valence-corrected chi connectivity index (χ3v) is 3.70. The van der Waals surface area contributed by atoms with Gasteiger partial charge in [-0.3, -0.25) is 14.5 Å². The quantitative estimate of drug-likeness (QED) is 0.796. The molecule has 23 heavy (non-hydrogen) atoms. The molecule has 8 nitrogen and oxygen atoms in total. The molecular weight excluding hydrogens is 296 g/mol. The molecule has 3 heterocycles. The highest BCUT2D eigenvalue weighted by Gasteiger charge is 2.28. The molecule has 3 rings (SSSR count). The van der Waals surface area contributed by atoms with Gasteiger partial charge >= 0.3 is 0 Å². The Morgan fingerprint density at radius 1 is 1.43 bits per heavy atom. The van der Waals surface area contributed by atoms with Gasteiger partial charge in [-0.05, 0) is 6.07 Å². The van der Waals surface area contributed by atoms with Crippen LogP contribution in [0.15, 0.2) is 30.9 Å². The minimum Gasteiger partial charge on any atom is -0.471 e. The van der Waals surface area contributed by atoms with Gasteiger partial charge in [0.15, 0.2) is 5.82 Å². The van der Waals surface area contributed by atoms with Crippen molar-refractivity contribution >= 4 is 11.7 Å². The van der Waals surface area contributed by atoms with Gasteiger partial charge in [0.1, 0.15) is 12.6 Å². The second-order valence-electron chi connectivity index (χ2n) is 5.68. The number of rotatable bonds is 5. The van der Waals surface area contributed by atoms with E-state index >= 15 is 0 Å². The summed E-state index contributed by atoms with van der Waals surface area (Å²) in [5.74, 6) is 1.28. The molecular formula is C15H20N6O2. The zero-order valence-electron chi connectivity index (χ0n) is 13.3.